The predicted octanol–water partition coefficient (Wildman–Crippen LogP) is 2.03. The Labute approximate surface area is 82.6 Å². The molecule has 0 saturated carbocycles. The molecule has 1 aromatic carbocycles. The maximum Gasteiger partial charge on any atom is 0.271 e. The van der Waals surface area contributed by atoms with Crippen LogP contribution >= 0.6 is 0 Å². The summed E-state index contributed by atoms with van der Waals surface area (Å²) in [6.45, 7) is 7.94. The Morgan fingerprint density at radius 1 is 1.15 bits per heavy atom. The third kappa shape index (κ3) is 2.51. The molecule has 0 unspecified atom stereocenters. The Kier molecular flexibility index (Phi) is 3.08. The quantitative estimate of drug-likeness (QED) is 0.519. The molecule has 0 fully saturated rings. The molecular formula is C10H16FSi2. The molecule has 0 amide bonds. The van der Waals surface area contributed by atoms with E-state index in [-0.39, 0.29) is 0 Å². The van der Waals surface area contributed by atoms with Crippen molar-refractivity contribution in [2.24, 2.45) is 0 Å². The van der Waals surface area contributed by atoms with Crippen molar-refractivity contribution in [1.82, 2.24) is 0 Å². The third-order valence-corrected chi connectivity index (χ3v) is 5.59. The van der Waals surface area contributed by atoms with E-state index >= 15 is 0 Å². The highest BCUT2D eigenvalue weighted by Gasteiger charge is 2.26. The highest BCUT2D eigenvalue weighted by atomic mass is 28.4. The number of hydrogen-bond acceptors (Lipinski definition) is 0. The number of halogens is 1. The van der Waals surface area contributed by atoms with Gasteiger partial charge >= 0.3 is 0 Å². The molecule has 1 aromatic rings. The van der Waals surface area contributed by atoms with Crippen molar-refractivity contribution in [2.45, 2.75) is 26.2 Å². The SMILES string of the molecule is C[Si](C)c1ccccc1[Si](C)(C)F. The van der Waals surface area contributed by atoms with Crippen molar-refractivity contribution in [3.8, 4) is 0 Å². The second-order valence-corrected chi connectivity index (χ2v) is 10.0. The Balaban J connectivity index is 3.20. The van der Waals surface area contributed by atoms with Crippen molar-refractivity contribution < 1.29 is 4.11 Å². The lowest BCUT2D eigenvalue weighted by atomic mass is 10.4. The molecule has 0 bridgehead atoms. The van der Waals surface area contributed by atoms with Gasteiger partial charge in [-0.3, -0.25) is 0 Å². The molecule has 0 aliphatic rings. The van der Waals surface area contributed by atoms with Crippen LogP contribution in [0.4, 0.5) is 4.11 Å². The maximum atomic E-state index is 13.9. The van der Waals surface area contributed by atoms with Crippen LogP contribution in [0.15, 0.2) is 24.3 Å². The Bertz CT molecular complexity index is 289. The smallest absolute Gasteiger partial charge is 0.271 e. The Morgan fingerprint density at radius 2 is 1.69 bits per heavy atom. The molecule has 0 atom stereocenters. The van der Waals surface area contributed by atoms with E-state index in [0.717, 1.165) is 5.19 Å². The zero-order valence-corrected chi connectivity index (χ0v) is 10.7. The van der Waals surface area contributed by atoms with E-state index in [0.29, 0.717) is 0 Å². The van der Waals surface area contributed by atoms with Crippen LogP contribution in [-0.4, -0.2) is 17.2 Å². The van der Waals surface area contributed by atoms with Crippen LogP contribution in [0.1, 0.15) is 0 Å². The van der Waals surface area contributed by atoms with Gasteiger partial charge in [0, 0.05) is 0 Å². The minimum absolute atomic E-state index is 0.530. The van der Waals surface area contributed by atoms with Gasteiger partial charge < -0.3 is 4.11 Å². The zero-order valence-electron chi connectivity index (χ0n) is 8.69. The second-order valence-electron chi connectivity index (χ2n) is 4.02. The molecule has 0 nitrogen and oxygen atoms in total. The lowest BCUT2D eigenvalue weighted by Gasteiger charge is -2.18. The van der Waals surface area contributed by atoms with E-state index in [1.807, 2.05) is 18.2 Å². The summed E-state index contributed by atoms with van der Waals surface area (Å²) < 4.78 is 13.9. The summed E-state index contributed by atoms with van der Waals surface area (Å²) in [5.41, 5.74) is 0. The Morgan fingerprint density at radius 3 is 2.08 bits per heavy atom. The molecule has 0 heterocycles. The number of hydrogen-bond donors (Lipinski definition) is 0. The summed E-state index contributed by atoms with van der Waals surface area (Å²) in [6.07, 6.45) is 0. The summed E-state index contributed by atoms with van der Waals surface area (Å²) >= 11 is 0. The van der Waals surface area contributed by atoms with Crippen LogP contribution in [0.5, 0.6) is 0 Å². The molecule has 1 rings (SSSR count). The summed E-state index contributed by atoms with van der Waals surface area (Å²) in [7, 11) is -3.14. The van der Waals surface area contributed by atoms with Gasteiger partial charge in [-0.1, -0.05) is 42.5 Å². The fourth-order valence-electron chi connectivity index (χ4n) is 1.44. The van der Waals surface area contributed by atoms with Crippen LogP contribution in [0.2, 0.25) is 26.2 Å². The van der Waals surface area contributed by atoms with Crippen LogP contribution in [-0.2, 0) is 0 Å². The molecular weight excluding hydrogens is 195 g/mol. The second kappa shape index (κ2) is 3.76. The highest BCUT2D eigenvalue weighted by Crippen LogP contribution is 2.03. The van der Waals surface area contributed by atoms with Crippen molar-refractivity contribution >= 4 is 27.6 Å². The van der Waals surface area contributed by atoms with Crippen LogP contribution in [0, 0.1) is 0 Å². The van der Waals surface area contributed by atoms with E-state index in [1.54, 1.807) is 13.1 Å². The number of benzene rings is 1. The van der Waals surface area contributed by atoms with Gasteiger partial charge in [-0.05, 0) is 18.3 Å². The summed E-state index contributed by atoms with van der Waals surface area (Å²) in [5.74, 6) is 0. The predicted molar refractivity (Wildman–Crippen MR) is 61.8 cm³/mol. The fraction of sp³-hybridized carbons (Fsp3) is 0.400. The van der Waals surface area contributed by atoms with Crippen LogP contribution in [0.25, 0.3) is 0 Å². The van der Waals surface area contributed by atoms with Gasteiger partial charge in [0.25, 0.3) is 8.41 Å². The molecule has 13 heavy (non-hydrogen) atoms. The first-order valence-corrected chi connectivity index (χ1v) is 9.89. The normalized spacial score (nSPS) is 12.2. The highest BCUT2D eigenvalue weighted by molar-refractivity contribution is 6.89. The van der Waals surface area contributed by atoms with Crippen molar-refractivity contribution in [3.05, 3.63) is 24.3 Å². The zero-order chi connectivity index (χ0) is 10.1. The van der Waals surface area contributed by atoms with E-state index in [2.05, 4.69) is 19.2 Å². The first-order valence-electron chi connectivity index (χ1n) is 4.52. The topological polar surface area (TPSA) is 0 Å². The molecule has 0 N–H and O–H groups in total. The van der Waals surface area contributed by atoms with E-state index in [4.69, 9.17) is 0 Å². The largest absolute Gasteiger partial charge is 0.308 e. The molecule has 71 valence electrons. The van der Waals surface area contributed by atoms with Gasteiger partial charge in [0.15, 0.2) is 0 Å². The first-order chi connectivity index (χ1) is 5.93. The lowest BCUT2D eigenvalue weighted by molar-refractivity contribution is 0.822. The minimum atomic E-state index is -2.62. The average molecular weight is 211 g/mol. The van der Waals surface area contributed by atoms with Gasteiger partial charge in [0.05, 0.1) is 8.80 Å². The summed E-state index contributed by atoms with van der Waals surface area (Å²) in [5, 5.41) is 2.26. The van der Waals surface area contributed by atoms with E-state index in [9.17, 15) is 4.11 Å². The monoisotopic (exact) mass is 211 g/mol. The molecule has 0 saturated heterocycles. The van der Waals surface area contributed by atoms with Gasteiger partial charge in [-0.15, -0.1) is 0 Å². The molecule has 0 spiro atoms. The minimum Gasteiger partial charge on any atom is -0.308 e. The molecule has 0 aromatic heterocycles. The lowest BCUT2D eigenvalue weighted by Crippen LogP contribution is -2.50. The Hall–Kier alpha value is -0.416. The molecule has 0 aliphatic carbocycles. The molecule has 0 aliphatic heterocycles. The van der Waals surface area contributed by atoms with Crippen LogP contribution < -0.4 is 10.4 Å². The van der Waals surface area contributed by atoms with Gasteiger partial charge in [0.1, 0.15) is 0 Å². The van der Waals surface area contributed by atoms with Gasteiger partial charge in [0.2, 0.25) is 0 Å². The maximum absolute atomic E-state index is 13.9. The van der Waals surface area contributed by atoms with Crippen molar-refractivity contribution in [3.63, 3.8) is 0 Å². The van der Waals surface area contributed by atoms with Gasteiger partial charge in [-0.2, -0.15) is 0 Å². The standard InChI is InChI=1S/C10H16FSi2/c1-12(2)9-7-5-6-8-10(9)13(3,4)11/h5-8H,1-4H3. The van der Waals surface area contributed by atoms with Gasteiger partial charge in [-0.25, -0.2) is 0 Å². The number of rotatable bonds is 2. The van der Waals surface area contributed by atoms with Crippen LogP contribution in [0.3, 0.4) is 0 Å². The summed E-state index contributed by atoms with van der Waals surface area (Å²) in [6, 6.07) is 7.99. The molecule has 3 heteroatoms. The van der Waals surface area contributed by atoms with E-state index in [1.165, 1.54) is 5.19 Å². The summed E-state index contributed by atoms with van der Waals surface area (Å²) in [4.78, 5) is 0. The van der Waals surface area contributed by atoms with Crippen molar-refractivity contribution in [1.29, 1.82) is 0 Å². The fourth-order valence-corrected chi connectivity index (χ4v) is 5.35. The third-order valence-electron chi connectivity index (χ3n) is 2.11. The average Bonchev–Trinajstić information content (AvgIpc) is 2.03. The molecule has 1 radical (unpaired) electrons. The van der Waals surface area contributed by atoms with Crippen molar-refractivity contribution in [2.75, 3.05) is 0 Å². The first kappa shape index (κ1) is 10.7. The van der Waals surface area contributed by atoms with E-state index < -0.39 is 17.2 Å².